The van der Waals surface area contributed by atoms with Crippen molar-refractivity contribution in [3.05, 3.63) is 65.7 Å². The molecule has 1 aliphatic heterocycles. The quantitative estimate of drug-likeness (QED) is 0.887. The zero-order chi connectivity index (χ0) is 19.8. The molecule has 0 atom stereocenters. The highest BCUT2D eigenvalue weighted by Gasteiger charge is 2.50. The third kappa shape index (κ3) is 3.04. The third-order valence-electron chi connectivity index (χ3n) is 6.59. The van der Waals surface area contributed by atoms with Crippen molar-refractivity contribution < 1.29 is 4.79 Å². The Kier molecular flexibility index (Phi) is 4.60. The summed E-state index contributed by atoms with van der Waals surface area (Å²) >= 11 is 0. The van der Waals surface area contributed by atoms with Gasteiger partial charge < -0.3 is 5.32 Å². The molecule has 2 aliphatic rings. The van der Waals surface area contributed by atoms with E-state index in [9.17, 15) is 4.79 Å². The van der Waals surface area contributed by atoms with E-state index in [-0.39, 0.29) is 17.1 Å². The standard InChI is InChI=1S/C23H26N4O/c1-26(2)23(19-6-4-3-5-7-19)14-12-22(13-15-23)17-27(21(28)25-22)20-10-8-18(16-24)9-11-20/h3-11H,12-15,17H2,1-2H3,(H,25,28). The van der Waals surface area contributed by atoms with Crippen molar-refractivity contribution in [1.82, 2.24) is 10.2 Å². The number of rotatable bonds is 3. The van der Waals surface area contributed by atoms with Crippen LogP contribution < -0.4 is 10.2 Å². The normalized spacial score (nSPS) is 27.1. The first kappa shape index (κ1) is 18.5. The number of hydrogen-bond acceptors (Lipinski definition) is 3. The molecule has 2 amide bonds. The lowest BCUT2D eigenvalue weighted by molar-refractivity contribution is 0.0658. The fourth-order valence-electron chi connectivity index (χ4n) is 4.80. The van der Waals surface area contributed by atoms with Gasteiger partial charge in [-0.2, -0.15) is 5.26 Å². The molecule has 1 saturated heterocycles. The Bertz CT molecular complexity index is 890. The molecule has 2 aromatic rings. The fraction of sp³-hybridized carbons (Fsp3) is 0.391. The van der Waals surface area contributed by atoms with E-state index in [0.717, 1.165) is 31.4 Å². The molecule has 0 unspecified atom stereocenters. The van der Waals surface area contributed by atoms with Gasteiger partial charge in [0.2, 0.25) is 0 Å². The summed E-state index contributed by atoms with van der Waals surface area (Å²) < 4.78 is 0. The van der Waals surface area contributed by atoms with Gasteiger partial charge in [0, 0.05) is 11.2 Å². The third-order valence-corrected chi connectivity index (χ3v) is 6.59. The van der Waals surface area contributed by atoms with Crippen molar-refractivity contribution in [2.45, 2.75) is 36.8 Å². The summed E-state index contributed by atoms with van der Waals surface area (Å²) in [6.45, 7) is 0.677. The Balaban J connectivity index is 1.54. The van der Waals surface area contributed by atoms with Crippen LogP contribution in [0.3, 0.4) is 0 Å². The number of anilines is 1. The highest BCUT2D eigenvalue weighted by Crippen LogP contribution is 2.46. The van der Waals surface area contributed by atoms with Crippen LogP contribution >= 0.6 is 0 Å². The van der Waals surface area contributed by atoms with E-state index >= 15 is 0 Å². The second-order valence-corrected chi connectivity index (χ2v) is 8.25. The smallest absolute Gasteiger partial charge is 0.322 e. The number of carbonyl (C=O) groups is 1. The Morgan fingerprint density at radius 1 is 1.00 bits per heavy atom. The molecular weight excluding hydrogens is 348 g/mol. The van der Waals surface area contributed by atoms with E-state index in [1.807, 2.05) is 17.0 Å². The van der Waals surface area contributed by atoms with E-state index in [1.165, 1.54) is 5.56 Å². The van der Waals surface area contributed by atoms with Crippen molar-refractivity contribution in [3.63, 3.8) is 0 Å². The van der Waals surface area contributed by atoms with Crippen LogP contribution in [0.5, 0.6) is 0 Å². The molecule has 2 aromatic carbocycles. The first-order valence-electron chi connectivity index (χ1n) is 9.81. The molecule has 1 aliphatic carbocycles. The van der Waals surface area contributed by atoms with Crippen molar-refractivity contribution in [2.24, 2.45) is 0 Å². The van der Waals surface area contributed by atoms with Gasteiger partial charge in [0.25, 0.3) is 0 Å². The van der Waals surface area contributed by atoms with Crippen molar-refractivity contribution in [1.29, 1.82) is 5.26 Å². The van der Waals surface area contributed by atoms with Gasteiger partial charge in [-0.3, -0.25) is 9.80 Å². The summed E-state index contributed by atoms with van der Waals surface area (Å²) in [5.74, 6) is 0. The molecule has 1 spiro atoms. The predicted molar refractivity (Wildman–Crippen MR) is 110 cm³/mol. The Labute approximate surface area is 166 Å². The molecule has 1 heterocycles. The van der Waals surface area contributed by atoms with Crippen LogP contribution in [0.4, 0.5) is 10.5 Å². The van der Waals surface area contributed by atoms with Gasteiger partial charge in [0.05, 0.1) is 23.7 Å². The van der Waals surface area contributed by atoms with Crippen LogP contribution in [-0.4, -0.2) is 37.1 Å². The lowest BCUT2D eigenvalue weighted by atomic mass is 9.69. The van der Waals surface area contributed by atoms with E-state index in [4.69, 9.17) is 5.26 Å². The van der Waals surface area contributed by atoms with Gasteiger partial charge in [-0.15, -0.1) is 0 Å². The molecule has 5 nitrogen and oxygen atoms in total. The Hall–Kier alpha value is -2.84. The summed E-state index contributed by atoms with van der Waals surface area (Å²) in [6, 6.07) is 20.0. The first-order valence-corrected chi connectivity index (χ1v) is 9.81. The minimum atomic E-state index is -0.181. The number of nitrogens with zero attached hydrogens (tertiary/aromatic N) is 3. The maximum absolute atomic E-state index is 12.7. The molecule has 2 fully saturated rings. The minimum Gasteiger partial charge on any atom is -0.330 e. The van der Waals surface area contributed by atoms with Crippen LogP contribution in [0, 0.1) is 11.3 Å². The highest BCUT2D eigenvalue weighted by molar-refractivity contribution is 5.95. The molecule has 28 heavy (non-hydrogen) atoms. The maximum Gasteiger partial charge on any atom is 0.322 e. The molecule has 1 N–H and O–H groups in total. The van der Waals surface area contributed by atoms with Crippen LogP contribution in [0.15, 0.2) is 54.6 Å². The molecule has 0 aromatic heterocycles. The Morgan fingerprint density at radius 2 is 1.64 bits per heavy atom. The number of urea groups is 1. The molecule has 144 valence electrons. The van der Waals surface area contributed by atoms with Crippen LogP contribution in [-0.2, 0) is 5.54 Å². The molecule has 0 bridgehead atoms. The van der Waals surface area contributed by atoms with Crippen molar-refractivity contribution >= 4 is 11.7 Å². The van der Waals surface area contributed by atoms with Crippen molar-refractivity contribution in [3.8, 4) is 6.07 Å². The zero-order valence-electron chi connectivity index (χ0n) is 16.5. The SMILES string of the molecule is CN(C)C1(c2ccccc2)CCC2(CC1)CN(c1ccc(C#N)cc1)C(=O)N2. The summed E-state index contributed by atoms with van der Waals surface area (Å²) in [5.41, 5.74) is 2.64. The number of benzene rings is 2. The average Bonchev–Trinajstić information content (AvgIpc) is 3.05. The van der Waals surface area contributed by atoms with E-state index < -0.39 is 0 Å². The number of carbonyl (C=O) groups excluding carboxylic acids is 1. The van der Waals surface area contributed by atoms with Gasteiger partial charge in [0.15, 0.2) is 0 Å². The summed E-state index contributed by atoms with van der Waals surface area (Å²) in [7, 11) is 4.31. The van der Waals surface area contributed by atoms with Crippen LogP contribution in [0.1, 0.15) is 36.8 Å². The van der Waals surface area contributed by atoms with E-state index in [1.54, 1.807) is 12.1 Å². The molecule has 1 saturated carbocycles. The second kappa shape index (κ2) is 6.96. The average molecular weight is 374 g/mol. The van der Waals surface area contributed by atoms with Crippen LogP contribution in [0.2, 0.25) is 0 Å². The van der Waals surface area contributed by atoms with Gasteiger partial charge in [-0.25, -0.2) is 4.79 Å². The zero-order valence-corrected chi connectivity index (χ0v) is 16.5. The molecule has 0 radical (unpaired) electrons. The lowest BCUT2D eigenvalue weighted by Crippen LogP contribution is -2.54. The van der Waals surface area contributed by atoms with Gasteiger partial charge in [0.1, 0.15) is 0 Å². The van der Waals surface area contributed by atoms with Gasteiger partial charge >= 0.3 is 6.03 Å². The number of amides is 2. The summed E-state index contributed by atoms with van der Waals surface area (Å²) in [5, 5.41) is 12.3. The van der Waals surface area contributed by atoms with Gasteiger partial charge in [-0.1, -0.05) is 30.3 Å². The van der Waals surface area contributed by atoms with E-state index in [0.29, 0.717) is 12.1 Å². The second-order valence-electron chi connectivity index (χ2n) is 8.25. The minimum absolute atomic E-state index is 0.0130. The lowest BCUT2D eigenvalue weighted by Gasteiger charge is -2.48. The number of nitriles is 1. The van der Waals surface area contributed by atoms with Crippen LogP contribution in [0.25, 0.3) is 0 Å². The fourth-order valence-corrected chi connectivity index (χ4v) is 4.80. The summed E-state index contributed by atoms with van der Waals surface area (Å²) in [4.78, 5) is 16.9. The molecule has 5 heteroatoms. The summed E-state index contributed by atoms with van der Waals surface area (Å²) in [6.07, 6.45) is 3.90. The number of hydrogen-bond donors (Lipinski definition) is 1. The molecule has 4 rings (SSSR count). The first-order chi connectivity index (χ1) is 13.5. The Morgan fingerprint density at radius 3 is 2.21 bits per heavy atom. The van der Waals surface area contributed by atoms with E-state index in [2.05, 4.69) is 60.7 Å². The monoisotopic (exact) mass is 374 g/mol. The highest BCUT2D eigenvalue weighted by atomic mass is 16.2. The molecular formula is C23H26N4O. The topological polar surface area (TPSA) is 59.4 Å². The van der Waals surface area contributed by atoms with Gasteiger partial charge in [-0.05, 0) is 69.6 Å². The predicted octanol–water partition coefficient (Wildman–Crippen LogP) is 3.86. The maximum atomic E-state index is 12.7. The largest absolute Gasteiger partial charge is 0.330 e. The number of nitrogens with one attached hydrogen (secondary N) is 1. The van der Waals surface area contributed by atoms with Crippen molar-refractivity contribution in [2.75, 3.05) is 25.5 Å².